The van der Waals surface area contributed by atoms with Gasteiger partial charge in [-0.05, 0) is 25.7 Å². The van der Waals surface area contributed by atoms with E-state index in [0.717, 1.165) is 91.4 Å². The molecular weight excluding hydrogens is 452 g/mol. The maximum absolute atomic E-state index is 10.4. The Morgan fingerprint density at radius 3 is 1.48 bits per heavy atom. The summed E-state index contributed by atoms with van der Waals surface area (Å²) in [6.45, 7) is 8.47. The SMILES string of the molecule is C1CC2(CCN1)OCCO2.C1CC2(CC[N-]1)OCCO2.O=C1CC[N-]CC1.[V].[V]. The first-order valence-electron chi connectivity index (χ1n) is 10.3. The molecule has 5 heterocycles. The fraction of sp³-hybridized carbons (Fsp3) is 0.947. The fourth-order valence-corrected chi connectivity index (χ4v) is 3.76. The zero-order valence-electron chi connectivity index (χ0n) is 17.1. The van der Waals surface area contributed by atoms with Gasteiger partial charge in [0.1, 0.15) is 5.78 Å². The molecule has 8 nitrogen and oxygen atoms in total. The summed E-state index contributed by atoms with van der Waals surface area (Å²) >= 11 is 0. The Hall–Kier alpha value is 0.559. The summed E-state index contributed by atoms with van der Waals surface area (Å²) in [6, 6.07) is 0. The Morgan fingerprint density at radius 2 is 1.07 bits per heavy atom. The van der Waals surface area contributed by atoms with E-state index in [4.69, 9.17) is 18.9 Å². The average Bonchev–Trinajstić information content (AvgIpc) is 3.35. The number of rotatable bonds is 0. The third-order valence-corrected chi connectivity index (χ3v) is 5.39. The molecular formula is C19H33N3O5V2-2. The largest absolute Gasteiger partial charge is 0.662 e. The van der Waals surface area contributed by atoms with Gasteiger partial charge in [0.25, 0.3) is 0 Å². The van der Waals surface area contributed by atoms with E-state index in [1.165, 1.54) is 0 Å². The third-order valence-electron chi connectivity index (χ3n) is 5.39. The molecule has 0 amide bonds. The average molecular weight is 485 g/mol. The van der Waals surface area contributed by atoms with Crippen molar-refractivity contribution in [1.29, 1.82) is 0 Å². The molecule has 0 unspecified atom stereocenters. The van der Waals surface area contributed by atoms with Crippen LogP contribution in [0.5, 0.6) is 0 Å². The molecule has 2 radical (unpaired) electrons. The predicted octanol–water partition coefficient (Wildman–Crippen LogP) is 1.73. The van der Waals surface area contributed by atoms with Crippen LogP contribution in [0.3, 0.4) is 0 Å². The fourth-order valence-electron chi connectivity index (χ4n) is 3.76. The molecule has 5 rings (SSSR count). The second-order valence-electron chi connectivity index (χ2n) is 7.35. The van der Waals surface area contributed by atoms with Crippen molar-refractivity contribution in [2.24, 2.45) is 0 Å². The van der Waals surface area contributed by atoms with Crippen molar-refractivity contribution in [2.75, 3.05) is 65.7 Å². The first-order valence-corrected chi connectivity index (χ1v) is 10.3. The maximum Gasteiger partial charge on any atom is 0.170 e. The van der Waals surface area contributed by atoms with E-state index in [2.05, 4.69) is 16.0 Å². The van der Waals surface area contributed by atoms with Gasteiger partial charge >= 0.3 is 0 Å². The van der Waals surface area contributed by atoms with Gasteiger partial charge < -0.3 is 34.9 Å². The van der Waals surface area contributed by atoms with Crippen LogP contribution in [0.25, 0.3) is 10.6 Å². The molecule has 0 saturated carbocycles. The van der Waals surface area contributed by atoms with Crippen molar-refractivity contribution in [2.45, 2.75) is 50.1 Å². The number of nitrogens with one attached hydrogen (secondary N) is 1. The second-order valence-corrected chi connectivity index (χ2v) is 7.35. The molecule has 29 heavy (non-hydrogen) atoms. The molecule has 2 spiro atoms. The number of ether oxygens (including phenoxy) is 4. The van der Waals surface area contributed by atoms with Crippen molar-refractivity contribution in [3.63, 3.8) is 0 Å². The van der Waals surface area contributed by atoms with Gasteiger partial charge in [-0.1, -0.05) is 0 Å². The topological polar surface area (TPSA) is 94.2 Å². The van der Waals surface area contributed by atoms with Gasteiger partial charge in [-0.15, -0.1) is 26.2 Å². The second kappa shape index (κ2) is 14.6. The molecule has 5 aliphatic rings. The quantitative estimate of drug-likeness (QED) is 0.562. The number of carbonyl (C=O) groups is 1. The molecule has 0 aromatic heterocycles. The number of hydrogen-bond donors (Lipinski definition) is 1. The standard InChI is InChI=1S/C7H13NO2.C7H12NO2.C5H8NO.2V/c2*1-3-8-4-2-7(1)9-5-6-10-7;7-5-1-3-6-4-2-5;;/h8H,1-6H2;1-6H2;1-4H2;;/q;2*-1;;. The van der Waals surface area contributed by atoms with Crippen molar-refractivity contribution >= 4 is 5.78 Å². The van der Waals surface area contributed by atoms with Crippen molar-refractivity contribution in [1.82, 2.24) is 5.32 Å². The van der Waals surface area contributed by atoms with Gasteiger partial charge in [0.05, 0.1) is 26.4 Å². The van der Waals surface area contributed by atoms with Gasteiger partial charge in [0.15, 0.2) is 11.6 Å². The van der Waals surface area contributed by atoms with E-state index in [1.807, 2.05) is 0 Å². The van der Waals surface area contributed by atoms with Crippen LogP contribution in [0.2, 0.25) is 0 Å². The predicted molar refractivity (Wildman–Crippen MR) is 101 cm³/mol. The van der Waals surface area contributed by atoms with Crippen LogP contribution in [-0.2, 0) is 60.9 Å². The summed E-state index contributed by atoms with van der Waals surface area (Å²) in [5, 5.41) is 11.5. The Morgan fingerprint density at radius 1 is 0.655 bits per heavy atom. The Bertz CT molecular complexity index is 407. The summed E-state index contributed by atoms with van der Waals surface area (Å²) in [5.74, 6) is -0.0394. The minimum absolute atomic E-state index is 0. The van der Waals surface area contributed by atoms with Gasteiger partial charge in [-0.25, -0.2) is 0 Å². The van der Waals surface area contributed by atoms with Gasteiger partial charge in [-0.2, -0.15) is 0 Å². The van der Waals surface area contributed by atoms with Crippen LogP contribution in [-0.4, -0.2) is 83.1 Å². The molecule has 5 saturated heterocycles. The minimum Gasteiger partial charge on any atom is -0.662 e. The zero-order chi connectivity index (χ0) is 18.8. The van der Waals surface area contributed by atoms with Crippen LogP contribution >= 0.6 is 0 Å². The number of hydrogen-bond acceptors (Lipinski definition) is 6. The molecule has 0 atom stereocenters. The number of nitrogens with zero attached hydrogens (tertiary/aromatic N) is 2. The van der Waals surface area contributed by atoms with E-state index >= 15 is 0 Å². The van der Waals surface area contributed by atoms with Gasteiger partial charge in [0.2, 0.25) is 0 Å². The Kier molecular flexibility index (Phi) is 13.9. The first kappa shape index (κ1) is 27.6. The smallest absolute Gasteiger partial charge is 0.170 e. The molecule has 0 aromatic rings. The third kappa shape index (κ3) is 9.29. The summed E-state index contributed by atoms with van der Waals surface area (Å²) in [4.78, 5) is 10.4. The zero-order valence-corrected chi connectivity index (χ0v) is 19.9. The Balaban J connectivity index is 0.000000214. The number of carbonyl (C=O) groups excluding carboxylic acids is 1. The summed E-state index contributed by atoms with van der Waals surface area (Å²) in [6.07, 6.45) is 5.28. The molecule has 10 heteroatoms. The van der Waals surface area contributed by atoms with E-state index in [1.54, 1.807) is 0 Å². The number of Topliss-reactive ketones (excluding diaryl/α,β-unsaturated/α-hetero) is 1. The van der Waals surface area contributed by atoms with Crippen LogP contribution in [0.4, 0.5) is 0 Å². The number of ketones is 1. The molecule has 0 aromatic carbocycles. The van der Waals surface area contributed by atoms with E-state index < -0.39 is 0 Å². The molecule has 1 N–H and O–H groups in total. The van der Waals surface area contributed by atoms with E-state index in [9.17, 15) is 4.79 Å². The van der Waals surface area contributed by atoms with Gasteiger partial charge in [-0.3, -0.25) is 4.79 Å². The van der Waals surface area contributed by atoms with Gasteiger partial charge in [0, 0.05) is 63.0 Å². The molecule has 0 aliphatic carbocycles. The maximum atomic E-state index is 10.4. The number of piperidine rings is 3. The monoisotopic (exact) mass is 485 g/mol. The molecule has 166 valence electrons. The first-order chi connectivity index (χ1) is 13.2. The van der Waals surface area contributed by atoms with E-state index in [-0.39, 0.29) is 48.7 Å². The summed E-state index contributed by atoms with van der Waals surface area (Å²) in [5.41, 5.74) is 0. The Labute approximate surface area is 198 Å². The van der Waals surface area contributed by atoms with Crippen molar-refractivity contribution in [3.05, 3.63) is 10.6 Å². The summed E-state index contributed by atoms with van der Waals surface area (Å²) < 4.78 is 22.0. The van der Waals surface area contributed by atoms with Crippen LogP contribution in [0, 0.1) is 0 Å². The van der Waals surface area contributed by atoms with Crippen LogP contribution in [0.1, 0.15) is 38.5 Å². The molecule has 0 bridgehead atoms. The van der Waals surface area contributed by atoms with Crippen molar-refractivity contribution < 1.29 is 60.9 Å². The van der Waals surface area contributed by atoms with Crippen LogP contribution < -0.4 is 5.32 Å². The minimum atomic E-state index is -0.220. The van der Waals surface area contributed by atoms with Crippen LogP contribution in [0.15, 0.2) is 0 Å². The normalized spacial score (nSPS) is 27.0. The molecule has 5 fully saturated rings. The van der Waals surface area contributed by atoms with E-state index in [0.29, 0.717) is 18.6 Å². The summed E-state index contributed by atoms with van der Waals surface area (Å²) in [7, 11) is 0. The molecule has 5 aliphatic heterocycles. The van der Waals surface area contributed by atoms with Crippen molar-refractivity contribution in [3.8, 4) is 0 Å².